The van der Waals surface area contributed by atoms with Crippen molar-refractivity contribution in [3.8, 4) is 0 Å². The molecule has 1 aliphatic heterocycles. The fraction of sp³-hybridized carbons (Fsp3) is 0.769. The van der Waals surface area contributed by atoms with Gasteiger partial charge in [-0.15, -0.1) is 0 Å². The summed E-state index contributed by atoms with van der Waals surface area (Å²) in [6.45, 7) is 2.81. The zero-order valence-electron chi connectivity index (χ0n) is 12.3. The molecule has 1 aromatic rings. The van der Waals surface area contributed by atoms with Gasteiger partial charge in [-0.25, -0.2) is 12.7 Å². The zero-order valence-corrected chi connectivity index (χ0v) is 13.1. The molecule has 1 saturated heterocycles. The highest BCUT2D eigenvalue weighted by Crippen LogP contribution is 2.19. The van der Waals surface area contributed by atoms with Crippen LogP contribution in [0.5, 0.6) is 0 Å². The number of nitrogens with zero attached hydrogens (tertiary/aromatic N) is 4. The minimum absolute atomic E-state index is 0.227. The Labute approximate surface area is 121 Å². The lowest BCUT2D eigenvalue weighted by Gasteiger charge is -2.24. The summed E-state index contributed by atoms with van der Waals surface area (Å²) in [6, 6.07) is 2.42. The van der Waals surface area contributed by atoms with Crippen LogP contribution in [0.4, 0.5) is 0 Å². The van der Waals surface area contributed by atoms with Crippen molar-refractivity contribution in [3.05, 3.63) is 18.5 Å². The summed E-state index contributed by atoms with van der Waals surface area (Å²) in [5.74, 6) is 0.227. The maximum Gasteiger partial charge on any atom is 0.213 e. The molecule has 1 unspecified atom stereocenters. The van der Waals surface area contributed by atoms with E-state index in [1.165, 1.54) is 17.1 Å². The van der Waals surface area contributed by atoms with Crippen LogP contribution in [0.3, 0.4) is 0 Å². The fourth-order valence-corrected chi connectivity index (χ4v) is 3.51. The van der Waals surface area contributed by atoms with Gasteiger partial charge in [0.05, 0.1) is 12.3 Å². The van der Waals surface area contributed by atoms with Crippen molar-refractivity contribution >= 4 is 10.0 Å². The second-order valence-corrected chi connectivity index (χ2v) is 7.81. The fourth-order valence-electron chi connectivity index (χ4n) is 2.65. The van der Waals surface area contributed by atoms with Gasteiger partial charge >= 0.3 is 0 Å². The minimum atomic E-state index is -3.07. The van der Waals surface area contributed by atoms with Crippen molar-refractivity contribution in [2.24, 2.45) is 0 Å². The Balaban J connectivity index is 1.80. The van der Waals surface area contributed by atoms with Crippen molar-refractivity contribution in [2.75, 3.05) is 32.9 Å². The summed E-state index contributed by atoms with van der Waals surface area (Å²) < 4.78 is 26.7. The van der Waals surface area contributed by atoms with Crippen LogP contribution in [-0.2, 0) is 16.6 Å². The number of aromatic nitrogens is 2. The van der Waals surface area contributed by atoms with E-state index in [0.717, 1.165) is 19.6 Å². The molecule has 0 radical (unpaired) electrons. The van der Waals surface area contributed by atoms with Crippen molar-refractivity contribution in [1.82, 2.24) is 19.0 Å². The van der Waals surface area contributed by atoms with E-state index >= 15 is 0 Å². The van der Waals surface area contributed by atoms with E-state index < -0.39 is 10.0 Å². The van der Waals surface area contributed by atoms with Crippen molar-refractivity contribution < 1.29 is 8.42 Å². The molecule has 0 aromatic carbocycles. The summed E-state index contributed by atoms with van der Waals surface area (Å²) >= 11 is 0. The highest BCUT2D eigenvalue weighted by Gasteiger charge is 2.25. The summed E-state index contributed by atoms with van der Waals surface area (Å²) in [7, 11) is 0.110. The van der Waals surface area contributed by atoms with Crippen LogP contribution in [0, 0.1) is 0 Å². The first kappa shape index (κ1) is 15.5. The van der Waals surface area contributed by atoms with Gasteiger partial charge in [0.1, 0.15) is 0 Å². The van der Waals surface area contributed by atoms with E-state index in [1.54, 1.807) is 20.3 Å². The Morgan fingerprint density at radius 1 is 1.40 bits per heavy atom. The quantitative estimate of drug-likeness (QED) is 0.741. The molecule has 1 fully saturated rings. The molecule has 2 rings (SSSR count). The van der Waals surface area contributed by atoms with E-state index in [2.05, 4.69) is 10.00 Å². The number of rotatable bonds is 7. The molecular weight excluding hydrogens is 276 g/mol. The molecule has 1 aliphatic rings. The molecule has 6 nitrogen and oxygen atoms in total. The second kappa shape index (κ2) is 6.69. The largest absolute Gasteiger partial charge is 0.299 e. The predicted octanol–water partition coefficient (Wildman–Crippen LogP) is 0.629. The Kier molecular flexibility index (Phi) is 5.17. The Hall–Kier alpha value is -0.920. The van der Waals surface area contributed by atoms with E-state index in [4.69, 9.17) is 0 Å². The third-order valence-electron chi connectivity index (χ3n) is 3.86. The van der Waals surface area contributed by atoms with E-state index in [-0.39, 0.29) is 5.75 Å². The first-order valence-electron chi connectivity index (χ1n) is 7.11. The van der Waals surface area contributed by atoms with Crippen LogP contribution in [0.1, 0.15) is 19.3 Å². The maximum absolute atomic E-state index is 11.7. The third-order valence-corrected chi connectivity index (χ3v) is 5.78. The molecule has 20 heavy (non-hydrogen) atoms. The Bertz CT molecular complexity index is 498. The molecule has 7 heteroatoms. The highest BCUT2D eigenvalue weighted by molar-refractivity contribution is 7.89. The first-order valence-corrected chi connectivity index (χ1v) is 8.71. The number of hydrogen-bond acceptors (Lipinski definition) is 4. The van der Waals surface area contributed by atoms with Crippen LogP contribution in [0.15, 0.2) is 18.5 Å². The predicted molar refractivity (Wildman–Crippen MR) is 78.9 cm³/mol. The average molecular weight is 300 g/mol. The van der Waals surface area contributed by atoms with Crippen LogP contribution >= 0.6 is 0 Å². The van der Waals surface area contributed by atoms with Crippen molar-refractivity contribution in [1.29, 1.82) is 0 Å². The molecule has 114 valence electrons. The van der Waals surface area contributed by atoms with Gasteiger partial charge in [-0.3, -0.25) is 9.58 Å². The smallest absolute Gasteiger partial charge is 0.213 e. The van der Waals surface area contributed by atoms with Crippen LogP contribution in [0.25, 0.3) is 0 Å². The summed E-state index contributed by atoms with van der Waals surface area (Å²) in [5.41, 5.74) is 0. The SMILES string of the molecule is CN(C)S(=O)(=O)CCCN1CCCC1Cn1cccn1. The van der Waals surface area contributed by atoms with Gasteiger partial charge in [0.2, 0.25) is 10.0 Å². The zero-order chi connectivity index (χ0) is 14.6. The minimum Gasteiger partial charge on any atom is -0.299 e. The van der Waals surface area contributed by atoms with E-state index in [9.17, 15) is 8.42 Å². The molecule has 0 saturated carbocycles. The monoisotopic (exact) mass is 300 g/mol. The molecule has 0 amide bonds. The molecule has 0 aliphatic carbocycles. The lowest BCUT2D eigenvalue weighted by atomic mass is 10.2. The topological polar surface area (TPSA) is 58.4 Å². The summed E-state index contributed by atoms with van der Waals surface area (Å²) in [5, 5.41) is 4.24. The van der Waals surface area contributed by atoms with Gasteiger partial charge in [-0.2, -0.15) is 5.10 Å². The molecule has 1 atom stereocenters. The Morgan fingerprint density at radius 2 is 2.20 bits per heavy atom. The standard InChI is InChI=1S/C13H24N4O2S/c1-15(2)20(18,19)11-5-9-16-8-3-6-13(16)12-17-10-4-7-14-17/h4,7,10,13H,3,5-6,8-9,11-12H2,1-2H3. The van der Waals surface area contributed by atoms with Crippen molar-refractivity contribution in [3.63, 3.8) is 0 Å². The Morgan fingerprint density at radius 3 is 2.85 bits per heavy atom. The first-order chi connectivity index (χ1) is 9.49. The lowest BCUT2D eigenvalue weighted by Crippen LogP contribution is -2.35. The maximum atomic E-state index is 11.7. The molecule has 1 aromatic heterocycles. The molecular formula is C13H24N4O2S. The summed E-state index contributed by atoms with van der Waals surface area (Å²) in [4.78, 5) is 2.40. The molecule has 0 bridgehead atoms. The van der Waals surface area contributed by atoms with E-state index in [0.29, 0.717) is 12.5 Å². The van der Waals surface area contributed by atoms with Crippen LogP contribution < -0.4 is 0 Å². The van der Waals surface area contributed by atoms with Crippen LogP contribution in [-0.4, -0.2) is 66.4 Å². The summed E-state index contributed by atoms with van der Waals surface area (Å²) in [6.07, 6.45) is 6.82. The highest BCUT2D eigenvalue weighted by atomic mass is 32.2. The van der Waals surface area contributed by atoms with Gasteiger partial charge in [0.15, 0.2) is 0 Å². The number of hydrogen-bond donors (Lipinski definition) is 0. The second-order valence-electron chi connectivity index (χ2n) is 5.51. The number of likely N-dealkylation sites (tertiary alicyclic amines) is 1. The van der Waals surface area contributed by atoms with Gasteiger partial charge < -0.3 is 0 Å². The number of sulfonamides is 1. The van der Waals surface area contributed by atoms with Gasteiger partial charge in [-0.1, -0.05) is 0 Å². The van der Waals surface area contributed by atoms with Crippen molar-refractivity contribution in [2.45, 2.75) is 31.8 Å². The van der Waals surface area contributed by atoms with Gasteiger partial charge in [0.25, 0.3) is 0 Å². The van der Waals surface area contributed by atoms with Gasteiger partial charge in [-0.05, 0) is 38.4 Å². The molecule has 0 spiro atoms. The molecule has 2 heterocycles. The lowest BCUT2D eigenvalue weighted by molar-refractivity contribution is 0.227. The van der Waals surface area contributed by atoms with Gasteiger partial charge in [0, 0.05) is 32.5 Å². The van der Waals surface area contributed by atoms with Crippen LogP contribution in [0.2, 0.25) is 0 Å². The van der Waals surface area contributed by atoms with E-state index in [1.807, 2.05) is 16.9 Å². The molecule has 0 N–H and O–H groups in total. The third kappa shape index (κ3) is 4.04. The normalized spacial score (nSPS) is 20.9. The average Bonchev–Trinajstić information content (AvgIpc) is 3.02.